The Balaban J connectivity index is 1.67. The van der Waals surface area contributed by atoms with E-state index in [1.807, 2.05) is 6.26 Å². The molecule has 3 aromatic rings. The van der Waals surface area contributed by atoms with E-state index in [1.54, 1.807) is 35.6 Å². The molecule has 8 heteroatoms. The summed E-state index contributed by atoms with van der Waals surface area (Å²) in [6, 6.07) is 6.95. The maximum absolute atomic E-state index is 12.4. The SMILES string of the molecule is CSc1nc(NNC(=O)c2ccccc2Cl)c2c3c(sc2n1)CCC3. The number of anilines is 1. The molecule has 2 heterocycles. The normalized spacial score (nSPS) is 13.0. The van der Waals surface area contributed by atoms with Crippen molar-refractivity contribution in [2.75, 3.05) is 11.7 Å². The largest absolute Gasteiger partial charge is 0.281 e. The first kappa shape index (κ1) is 16.6. The molecule has 5 nitrogen and oxygen atoms in total. The zero-order chi connectivity index (χ0) is 17.4. The minimum atomic E-state index is -0.296. The number of thiophene rings is 1. The summed E-state index contributed by atoms with van der Waals surface area (Å²) in [5.74, 6) is 0.351. The highest BCUT2D eigenvalue weighted by Gasteiger charge is 2.22. The fourth-order valence-corrected chi connectivity index (χ4v) is 4.89. The van der Waals surface area contributed by atoms with Crippen LogP contribution in [0.5, 0.6) is 0 Å². The molecule has 0 aliphatic heterocycles. The lowest BCUT2D eigenvalue weighted by Gasteiger charge is -2.11. The van der Waals surface area contributed by atoms with Gasteiger partial charge >= 0.3 is 0 Å². The fourth-order valence-electron chi connectivity index (χ4n) is 2.99. The van der Waals surface area contributed by atoms with Crippen LogP contribution in [0.15, 0.2) is 29.4 Å². The van der Waals surface area contributed by atoms with Gasteiger partial charge in [-0.1, -0.05) is 35.5 Å². The van der Waals surface area contributed by atoms with Crippen molar-refractivity contribution >= 4 is 56.6 Å². The van der Waals surface area contributed by atoms with Gasteiger partial charge in [-0.15, -0.1) is 11.3 Å². The molecule has 0 unspecified atom stereocenters. The number of aromatic nitrogens is 2. The van der Waals surface area contributed by atoms with Crippen molar-refractivity contribution in [1.29, 1.82) is 0 Å². The second-order valence-corrected chi connectivity index (χ2v) is 7.92. The van der Waals surface area contributed by atoms with Crippen molar-refractivity contribution in [3.05, 3.63) is 45.3 Å². The van der Waals surface area contributed by atoms with Gasteiger partial charge in [-0.2, -0.15) is 0 Å². The highest BCUT2D eigenvalue weighted by atomic mass is 35.5. The zero-order valence-corrected chi connectivity index (χ0v) is 15.8. The number of carbonyl (C=O) groups excluding carboxylic acids is 1. The molecule has 1 aromatic carbocycles. The Morgan fingerprint density at radius 1 is 1.28 bits per heavy atom. The van der Waals surface area contributed by atoms with Gasteiger partial charge in [0.1, 0.15) is 4.83 Å². The molecule has 0 fully saturated rings. The molecule has 2 N–H and O–H groups in total. The first-order valence-corrected chi connectivity index (χ1v) is 10.3. The van der Waals surface area contributed by atoms with E-state index < -0.39 is 0 Å². The van der Waals surface area contributed by atoms with E-state index in [9.17, 15) is 4.79 Å². The Labute approximate surface area is 158 Å². The first-order chi connectivity index (χ1) is 12.2. The zero-order valence-electron chi connectivity index (χ0n) is 13.4. The van der Waals surface area contributed by atoms with Gasteiger partial charge in [0, 0.05) is 4.88 Å². The smallest absolute Gasteiger partial charge is 0.271 e. The first-order valence-electron chi connectivity index (χ1n) is 7.84. The Hall–Kier alpha value is -1.83. The van der Waals surface area contributed by atoms with Crippen LogP contribution in [0, 0.1) is 0 Å². The number of hydrazine groups is 1. The molecule has 0 spiro atoms. The molecule has 0 atom stereocenters. The number of fused-ring (bicyclic) bond motifs is 3. The predicted octanol–water partition coefficient (Wildman–Crippen LogP) is 4.31. The maximum atomic E-state index is 12.4. The molecule has 25 heavy (non-hydrogen) atoms. The van der Waals surface area contributed by atoms with Gasteiger partial charge in [-0.3, -0.25) is 15.6 Å². The molecule has 1 aliphatic carbocycles. The molecule has 1 aliphatic rings. The van der Waals surface area contributed by atoms with Gasteiger partial charge in [-0.05, 0) is 43.2 Å². The monoisotopic (exact) mass is 390 g/mol. The quantitative estimate of drug-likeness (QED) is 0.394. The number of nitrogens with one attached hydrogen (secondary N) is 2. The van der Waals surface area contributed by atoms with Gasteiger partial charge in [-0.25, -0.2) is 9.97 Å². The molecule has 2 aromatic heterocycles. The number of nitrogens with zero attached hydrogens (tertiary/aromatic N) is 2. The number of hydrogen-bond acceptors (Lipinski definition) is 6. The van der Waals surface area contributed by atoms with Crippen LogP contribution in [0.2, 0.25) is 5.02 Å². The van der Waals surface area contributed by atoms with E-state index in [0.29, 0.717) is 21.6 Å². The number of halogens is 1. The summed E-state index contributed by atoms with van der Waals surface area (Å²) in [7, 11) is 0. The Morgan fingerprint density at radius 3 is 2.92 bits per heavy atom. The van der Waals surface area contributed by atoms with E-state index in [-0.39, 0.29) is 5.91 Å². The standard InChI is InChI=1S/C17H15ClN4OS2/c1-24-17-19-14(13-10-6-4-8-12(10)25-16(13)20-17)21-22-15(23)9-5-2-3-7-11(9)18/h2-3,5,7H,4,6,8H2,1H3,(H,22,23)(H,19,20,21). The summed E-state index contributed by atoms with van der Waals surface area (Å²) >= 11 is 9.29. The van der Waals surface area contributed by atoms with Crippen molar-refractivity contribution in [3.8, 4) is 0 Å². The third-order valence-electron chi connectivity index (χ3n) is 4.14. The van der Waals surface area contributed by atoms with Crippen molar-refractivity contribution in [2.24, 2.45) is 0 Å². The van der Waals surface area contributed by atoms with Gasteiger partial charge in [0.2, 0.25) is 0 Å². The molecular weight excluding hydrogens is 376 g/mol. The molecule has 0 bridgehead atoms. The number of carbonyl (C=O) groups is 1. The topological polar surface area (TPSA) is 66.9 Å². The van der Waals surface area contributed by atoms with Crippen molar-refractivity contribution in [3.63, 3.8) is 0 Å². The summed E-state index contributed by atoms with van der Waals surface area (Å²) in [4.78, 5) is 23.9. The molecule has 0 saturated carbocycles. The van der Waals surface area contributed by atoms with Gasteiger partial charge in [0.15, 0.2) is 11.0 Å². The number of rotatable bonds is 4. The van der Waals surface area contributed by atoms with Crippen molar-refractivity contribution in [1.82, 2.24) is 15.4 Å². The van der Waals surface area contributed by atoms with E-state index >= 15 is 0 Å². The number of hydrogen-bond donors (Lipinski definition) is 2. The molecule has 128 valence electrons. The predicted molar refractivity (Wildman–Crippen MR) is 104 cm³/mol. The third-order valence-corrected chi connectivity index (χ3v) is 6.20. The Morgan fingerprint density at radius 2 is 2.12 bits per heavy atom. The van der Waals surface area contributed by atoms with Gasteiger partial charge < -0.3 is 0 Å². The summed E-state index contributed by atoms with van der Waals surface area (Å²) < 4.78 is 0. The summed E-state index contributed by atoms with van der Waals surface area (Å²) in [5, 5.41) is 2.12. The van der Waals surface area contributed by atoms with Gasteiger partial charge in [0.05, 0.1) is 16.0 Å². The second-order valence-electron chi connectivity index (χ2n) is 5.66. The van der Waals surface area contributed by atoms with E-state index in [4.69, 9.17) is 11.6 Å². The number of thioether (sulfide) groups is 1. The van der Waals surface area contributed by atoms with Gasteiger partial charge in [0.25, 0.3) is 5.91 Å². The molecule has 0 saturated heterocycles. The lowest BCUT2D eigenvalue weighted by molar-refractivity contribution is 0.0962. The summed E-state index contributed by atoms with van der Waals surface area (Å²) in [6.45, 7) is 0. The average molecular weight is 391 g/mol. The van der Waals surface area contributed by atoms with E-state index in [2.05, 4.69) is 20.8 Å². The van der Waals surface area contributed by atoms with Crippen LogP contribution < -0.4 is 10.9 Å². The van der Waals surface area contributed by atoms with Crippen molar-refractivity contribution < 1.29 is 4.79 Å². The lowest BCUT2D eigenvalue weighted by Crippen LogP contribution is -2.30. The average Bonchev–Trinajstić information content (AvgIpc) is 3.20. The molecule has 0 radical (unpaired) electrons. The number of aryl methyl sites for hydroxylation is 2. The van der Waals surface area contributed by atoms with Crippen LogP contribution in [0.25, 0.3) is 10.2 Å². The number of benzene rings is 1. The van der Waals surface area contributed by atoms with Crippen LogP contribution in [-0.2, 0) is 12.8 Å². The fraction of sp³-hybridized carbons (Fsp3) is 0.235. The van der Waals surface area contributed by atoms with Crippen LogP contribution in [-0.4, -0.2) is 22.1 Å². The lowest BCUT2D eigenvalue weighted by atomic mass is 10.2. The molecule has 1 amide bonds. The Kier molecular flexibility index (Phi) is 4.54. The molecule has 4 rings (SSSR count). The highest BCUT2D eigenvalue weighted by molar-refractivity contribution is 7.98. The van der Waals surface area contributed by atoms with E-state index in [0.717, 1.165) is 29.5 Å². The van der Waals surface area contributed by atoms with E-state index in [1.165, 1.54) is 22.2 Å². The van der Waals surface area contributed by atoms with Crippen LogP contribution in [0.1, 0.15) is 27.2 Å². The van der Waals surface area contributed by atoms with Crippen molar-refractivity contribution in [2.45, 2.75) is 24.4 Å². The molecular formula is C17H15ClN4OS2. The minimum absolute atomic E-state index is 0.296. The highest BCUT2D eigenvalue weighted by Crippen LogP contribution is 2.40. The summed E-state index contributed by atoms with van der Waals surface area (Å²) in [6.07, 6.45) is 5.22. The van der Waals surface area contributed by atoms with Crippen LogP contribution >= 0.6 is 34.7 Å². The minimum Gasteiger partial charge on any atom is -0.281 e. The third kappa shape index (κ3) is 3.07. The van der Waals surface area contributed by atoms with Crippen LogP contribution in [0.4, 0.5) is 5.82 Å². The Bertz CT molecular complexity index is 973. The van der Waals surface area contributed by atoms with Crippen LogP contribution in [0.3, 0.4) is 0 Å². The second kappa shape index (κ2) is 6.82. The number of amides is 1. The maximum Gasteiger partial charge on any atom is 0.271 e. The summed E-state index contributed by atoms with van der Waals surface area (Å²) in [5.41, 5.74) is 7.43.